The Balaban J connectivity index is 3.58. The van der Waals surface area contributed by atoms with Crippen LogP contribution in [0.2, 0.25) is 0 Å². The first-order valence-electron chi connectivity index (χ1n) is 5.03. The van der Waals surface area contributed by atoms with E-state index in [2.05, 4.69) is 33.4 Å². The topological polar surface area (TPSA) is 0 Å². The molecule has 0 aliphatic carbocycles. The fourth-order valence-electron chi connectivity index (χ4n) is 1.33. The highest BCUT2D eigenvalue weighted by molar-refractivity contribution is 5.01. The van der Waals surface area contributed by atoms with Crippen molar-refractivity contribution in [1.82, 2.24) is 0 Å². The molecule has 0 heteroatoms. The molecule has 0 spiro atoms. The van der Waals surface area contributed by atoms with Gasteiger partial charge in [0.25, 0.3) is 0 Å². The summed E-state index contributed by atoms with van der Waals surface area (Å²) < 4.78 is 0. The van der Waals surface area contributed by atoms with Crippen LogP contribution in [0.3, 0.4) is 0 Å². The maximum Gasteiger partial charge on any atom is -0.0317 e. The van der Waals surface area contributed by atoms with Gasteiger partial charge in [-0.2, -0.15) is 0 Å². The Morgan fingerprint density at radius 2 is 1.92 bits per heavy atom. The molecular weight excluding hydrogens is 144 g/mol. The van der Waals surface area contributed by atoms with Crippen LogP contribution in [-0.2, 0) is 0 Å². The van der Waals surface area contributed by atoms with Gasteiger partial charge in [0.1, 0.15) is 0 Å². The number of allylic oxidation sites excluding steroid dienone is 3. The van der Waals surface area contributed by atoms with E-state index in [9.17, 15) is 0 Å². The first-order valence-corrected chi connectivity index (χ1v) is 5.03. The smallest absolute Gasteiger partial charge is 0.0317 e. The van der Waals surface area contributed by atoms with E-state index in [1.807, 2.05) is 0 Å². The first kappa shape index (κ1) is 11.5. The van der Waals surface area contributed by atoms with Gasteiger partial charge in [-0.25, -0.2) is 0 Å². The van der Waals surface area contributed by atoms with Crippen molar-refractivity contribution >= 4 is 0 Å². The molecule has 0 unspecified atom stereocenters. The van der Waals surface area contributed by atoms with Crippen molar-refractivity contribution in [3.05, 3.63) is 23.8 Å². The highest BCUT2D eigenvalue weighted by Gasteiger charge is 1.93. The quantitative estimate of drug-likeness (QED) is 0.510. The molecule has 0 nitrogen and oxygen atoms in total. The van der Waals surface area contributed by atoms with E-state index in [4.69, 9.17) is 0 Å². The molecule has 0 aromatic rings. The van der Waals surface area contributed by atoms with Crippen molar-refractivity contribution in [3.63, 3.8) is 0 Å². The Bertz CT molecular complexity index is 151. The van der Waals surface area contributed by atoms with E-state index in [0.717, 1.165) is 0 Å². The second kappa shape index (κ2) is 7.15. The van der Waals surface area contributed by atoms with Crippen molar-refractivity contribution in [2.45, 2.75) is 52.9 Å². The lowest BCUT2D eigenvalue weighted by Gasteiger charge is -2.03. The second-order valence-corrected chi connectivity index (χ2v) is 3.43. The van der Waals surface area contributed by atoms with E-state index in [1.54, 1.807) is 5.57 Å². The first-order chi connectivity index (χ1) is 5.70. The zero-order valence-corrected chi connectivity index (χ0v) is 8.82. The molecule has 0 heterocycles. The summed E-state index contributed by atoms with van der Waals surface area (Å²) in [5.74, 6) is 0. The van der Waals surface area contributed by atoms with E-state index < -0.39 is 0 Å². The maximum absolute atomic E-state index is 3.90. The summed E-state index contributed by atoms with van der Waals surface area (Å²) >= 11 is 0. The van der Waals surface area contributed by atoms with Crippen LogP contribution in [0.4, 0.5) is 0 Å². The van der Waals surface area contributed by atoms with Gasteiger partial charge in [0.2, 0.25) is 0 Å². The van der Waals surface area contributed by atoms with Gasteiger partial charge in [0.15, 0.2) is 0 Å². The summed E-state index contributed by atoms with van der Waals surface area (Å²) in [4.78, 5) is 0. The van der Waals surface area contributed by atoms with E-state index in [0.29, 0.717) is 0 Å². The summed E-state index contributed by atoms with van der Waals surface area (Å²) in [7, 11) is 0. The molecule has 0 rings (SSSR count). The van der Waals surface area contributed by atoms with Crippen LogP contribution in [-0.4, -0.2) is 0 Å². The van der Waals surface area contributed by atoms with Gasteiger partial charge in [-0.15, -0.1) is 6.58 Å². The lowest BCUT2D eigenvalue weighted by Crippen LogP contribution is -1.83. The predicted molar refractivity (Wildman–Crippen MR) is 57.3 cm³/mol. The van der Waals surface area contributed by atoms with Crippen LogP contribution in [0.5, 0.6) is 0 Å². The van der Waals surface area contributed by atoms with Gasteiger partial charge in [0, 0.05) is 0 Å². The minimum absolute atomic E-state index is 1.18. The highest BCUT2D eigenvalue weighted by atomic mass is 14.0. The second-order valence-electron chi connectivity index (χ2n) is 3.43. The van der Waals surface area contributed by atoms with Crippen LogP contribution in [0.15, 0.2) is 23.8 Å². The summed E-state index contributed by atoms with van der Waals surface area (Å²) in [5, 5.41) is 0. The Morgan fingerprint density at radius 1 is 1.25 bits per heavy atom. The van der Waals surface area contributed by atoms with E-state index >= 15 is 0 Å². The molecule has 0 aromatic heterocycles. The fraction of sp³-hybridized carbons (Fsp3) is 0.667. The van der Waals surface area contributed by atoms with E-state index in [-0.39, 0.29) is 0 Å². The molecule has 0 N–H and O–H groups in total. The van der Waals surface area contributed by atoms with Gasteiger partial charge in [-0.3, -0.25) is 0 Å². The standard InChI is InChI=1S/C12H22/c1-5-8-12(6-2)10-7-9-11(3)4/h8H,3,5-7,9-10H2,1-2,4H3. The Labute approximate surface area is 77.4 Å². The molecule has 0 aliphatic rings. The molecule has 0 radical (unpaired) electrons. The van der Waals surface area contributed by atoms with Gasteiger partial charge in [-0.05, 0) is 39.0 Å². The molecule has 0 aromatic carbocycles. The predicted octanol–water partition coefficient (Wildman–Crippen LogP) is 4.48. The lowest BCUT2D eigenvalue weighted by atomic mass is 10.0. The van der Waals surface area contributed by atoms with Crippen LogP contribution in [0, 0.1) is 0 Å². The normalized spacial score (nSPS) is 11.8. The van der Waals surface area contributed by atoms with Gasteiger partial charge in [0.05, 0.1) is 0 Å². The Hall–Kier alpha value is -0.520. The fourth-order valence-corrected chi connectivity index (χ4v) is 1.33. The molecule has 0 amide bonds. The largest absolute Gasteiger partial charge is 0.100 e. The zero-order valence-electron chi connectivity index (χ0n) is 8.82. The zero-order chi connectivity index (χ0) is 9.40. The van der Waals surface area contributed by atoms with Gasteiger partial charge >= 0.3 is 0 Å². The molecule has 0 fully saturated rings. The Kier molecular flexibility index (Phi) is 6.84. The molecule has 0 bridgehead atoms. The molecule has 0 aliphatic heterocycles. The number of rotatable bonds is 6. The van der Waals surface area contributed by atoms with Crippen molar-refractivity contribution in [2.75, 3.05) is 0 Å². The molecule has 0 saturated heterocycles. The molecule has 0 atom stereocenters. The molecular formula is C12H22. The van der Waals surface area contributed by atoms with E-state index in [1.165, 1.54) is 37.7 Å². The molecule has 12 heavy (non-hydrogen) atoms. The maximum atomic E-state index is 3.90. The van der Waals surface area contributed by atoms with Crippen molar-refractivity contribution < 1.29 is 0 Å². The van der Waals surface area contributed by atoms with Crippen molar-refractivity contribution in [1.29, 1.82) is 0 Å². The van der Waals surface area contributed by atoms with Crippen molar-refractivity contribution in [3.8, 4) is 0 Å². The molecule has 70 valence electrons. The molecule has 0 saturated carbocycles. The SMILES string of the molecule is C=C(C)CCCC(=CCC)CC. The summed E-state index contributed by atoms with van der Waals surface area (Å²) in [6, 6.07) is 0. The lowest BCUT2D eigenvalue weighted by molar-refractivity contribution is 0.777. The monoisotopic (exact) mass is 166 g/mol. The van der Waals surface area contributed by atoms with Gasteiger partial charge in [-0.1, -0.05) is 31.1 Å². The third-order valence-electron chi connectivity index (χ3n) is 2.05. The third kappa shape index (κ3) is 6.21. The van der Waals surface area contributed by atoms with Crippen LogP contribution < -0.4 is 0 Å². The summed E-state index contributed by atoms with van der Waals surface area (Å²) in [6.07, 6.45) is 8.46. The summed E-state index contributed by atoms with van der Waals surface area (Å²) in [6.45, 7) is 10.5. The minimum Gasteiger partial charge on any atom is -0.100 e. The highest BCUT2D eigenvalue weighted by Crippen LogP contribution is 2.14. The van der Waals surface area contributed by atoms with Crippen molar-refractivity contribution in [2.24, 2.45) is 0 Å². The average molecular weight is 166 g/mol. The summed E-state index contributed by atoms with van der Waals surface area (Å²) in [5.41, 5.74) is 2.92. The van der Waals surface area contributed by atoms with Crippen LogP contribution in [0.1, 0.15) is 52.9 Å². The number of hydrogen-bond donors (Lipinski definition) is 0. The average Bonchev–Trinajstić information content (AvgIpc) is 2.02. The minimum atomic E-state index is 1.18. The van der Waals surface area contributed by atoms with Crippen LogP contribution >= 0.6 is 0 Å². The third-order valence-corrected chi connectivity index (χ3v) is 2.05. The van der Waals surface area contributed by atoms with Crippen LogP contribution in [0.25, 0.3) is 0 Å². The Morgan fingerprint density at radius 3 is 2.33 bits per heavy atom. The van der Waals surface area contributed by atoms with Gasteiger partial charge < -0.3 is 0 Å². The number of hydrogen-bond acceptors (Lipinski definition) is 0.